The maximum atomic E-state index is 11.1. The second-order valence-corrected chi connectivity index (χ2v) is 3.39. The van der Waals surface area contributed by atoms with E-state index in [1.165, 1.54) is 0 Å². The number of carbonyl (C=O) groups excluding carboxylic acids is 1. The van der Waals surface area contributed by atoms with Crippen LogP contribution in [0.25, 0.3) is 0 Å². The van der Waals surface area contributed by atoms with Crippen molar-refractivity contribution in [1.29, 1.82) is 0 Å². The maximum absolute atomic E-state index is 11.1. The maximum Gasteiger partial charge on any atom is 0.305 e. The molecule has 0 unspecified atom stereocenters. The molecule has 0 N–H and O–H groups in total. The number of unbranched alkanes of at least 4 members (excludes halogenated alkanes) is 3. The van der Waals surface area contributed by atoms with Crippen molar-refractivity contribution in [2.24, 2.45) is 0 Å². The Bertz CT molecular complexity index is 162. The number of rotatable bonds is 8. The predicted octanol–water partition coefficient (Wildman–Crippen LogP) is 3.47. The second-order valence-electron chi connectivity index (χ2n) is 3.39. The minimum absolute atomic E-state index is 0.0427. The predicted molar refractivity (Wildman–Crippen MR) is 59.1 cm³/mol. The average Bonchev–Trinajstić information content (AvgIpc) is 2.18. The summed E-state index contributed by atoms with van der Waals surface area (Å²) in [5.41, 5.74) is 0. The molecule has 0 bridgehead atoms. The van der Waals surface area contributed by atoms with Gasteiger partial charge in [0.15, 0.2) is 0 Å². The Kier molecular flexibility index (Phi) is 9.71. The van der Waals surface area contributed by atoms with Crippen LogP contribution >= 0.6 is 0 Å². The summed E-state index contributed by atoms with van der Waals surface area (Å²) in [5, 5.41) is 0. The highest BCUT2D eigenvalue weighted by atomic mass is 16.5. The van der Waals surface area contributed by atoms with E-state index in [0.717, 1.165) is 32.1 Å². The molecule has 0 aromatic carbocycles. The molecule has 0 rings (SSSR count). The van der Waals surface area contributed by atoms with Crippen molar-refractivity contribution in [3.8, 4) is 0 Å². The molecule has 0 saturated heterocycles. The minimum Gasteiger partial charge on any atom is -0.466 e. The Hall–Kier alpha value is -0.790. The van der Waals surface area contributed by atoms with Gasteiger partial charge in [0.05, 0.1) is 6.61 Å². The van der Waals surface area contributed by atoms with Gasteiger partial charge in [0.1, 0.15) is 0 Å². The lowest BCUT2D eigenvalue weighted by atomic mass is 10.2. The molecule has 2 heteroatoms. The first-order valence-corrected chi connectivity index (χ1v) is 5.58. The summed E-state index contributed by atoms with van der Waals surface area (Å²) in [5.74, 6) is -0.0427. The van der Waals surface area contributed by atoms with Crippen molar-refractivity contribution in [1.82, 2.24) is 0 Å². The molecule has 2 nitrogen and oxygen atoms in total. The van der Waals surface area contributed by atoms with Crippen LogP contribution in [0, 0.1) is 0 Å². The van der Waals surface area contributed by atoms with E-state index in [9.17, 15) is 4.79 Å². The Morgan fingerprint density at radius 3 is 2.71 bits per heavy atom. The van der Waals surface area contributed by atoms with Crippen LogP contribution in [0.1, 0.15) is 52.4 Å². The summed E-state index contributed by atoms with van der Waals surface area (Å²) in [6.45, 7) is 4.69. The molecule has 0 heterocycles. The fourth-order valence-electron chi connectivity index (χ4n) is 1.10. The second kappa shape index (κ2) is 10.3. The minimum atomic E-state index is -0.0427. The molecule has 0 spiro atoms. The largest absolute Gasteiger partial charge is 0.466 e. The van der Waals surface area contributed by atoms with Gasteiger partial charge in [0.2, 0.25) is 0 Å². The highest BCUT2D eigenvalue weighted by Gasteiger charge is 2.00. The lowest BCUT2D eigenvalue weighted by Gasteiger charge is -2.02. The zero-order valence-electron chi connectivity index (χ0n) is 9.42. The van der Waals surface area contributed by atoms with Crippen LogP contribution in [0.5, 0.6) is 0 Å². The molecule has 0 aliphatic rings. The van der Waals surface area contributed by atoms with Crippen molar-refractivity contribution in [3.63, 3.8) is 0 Å². The van der Waals surface area contributed by atoms with Gasteiger partial charge in [-0.1, -0.05) is 25.5 Å². The first kappa shape index (κ1) is 13.2. The molecule has 0 aliphatic carbocycles. The Balaban J connectivity index is 3.18. The number of ether oxygens (including phenoxy) is 1. The Morgan fingerprint density at radius 1 is 1.29 bits per heavy atom. The molecular formula is C12H22O2. The third-order valence-electron chi connectivity index (χ3n) is 2.00. The highest BCUT2D eigenvalue weighted by Crippen LogP contribution is 2.02. The van der Waals surface area contributed by atoms with Crippen molar-refractivity contribution < 1.29 is 9.53 Å². The number of carbonyl (C=O) groups is 1. The molecule has 0 saturated carbocycles. The van der Waals surface area contributed by atoms with Crippen LogP contribution < -0.4 is 0 Å². The summed E-state index contributed by atoms with van der Waals surface area (Å²) >= 11 is 0. The van der Waals surface area contributed by atoms with Gasteiger partial charge in [-0.05, 0) is 32.6 Å². The van der Waals surface area contributed by atoms with E-state index in [2.05, 4.69) is 13.0 Å². The normalized spacial score (nSPS) is 10.7. The number of allylic oxidation sites excluding steroid dienone is 2. The molecule has 0 atom stereocenters. The van der Waals surface area contributed by atoms with Crippen molar-refractivity contribution in [3.05, 3.63) is 12.2 Å². The van der Waals surface area contributed by atoms with Gasteiger partial charge in [0, 0.05) is 6.42 Å². The highest BCUT2D eigenvalue weighted by molar-refractivity contribution is 5.69. The quantitative estimate of drug-likeness (QED) is 0.339. The summed E-state index contributed by atoms with van der Waals surface area (Å²) in [6.07, 6.45) is 9.88. The average molecular weight is 198 g/mol. The van der Waals surface area contributed by atoms with Crippen LogP contribution in [-0.2, 0) is 9.53 Å². The van der Waals surface area contributed by atoms with Gasteiger partial charge in [0.25, 0.3) is 0 Å². The third-order valence-corrected chi connectivity index (χ3v) is 2.00. The molecule has 0 aromatic rings. The molecular weight excluding hydrogens is 176 g/mol. The smallest absolute Gasteiger partial charge is 0.305 e. The summed E-state index contributed by atoms with van der Waals surface area (Å²) < 4.78 is 5.03. The van der Waals surface area contributed by atoms with Crippen LogP contribution in [-0.4, -0.2) is 12.6 Å². The number of hydrogen-bond donors (Lipinski definition) is 0. The van der Waals surface area contributed by atoms with Crippen LogP contribution in [0.4, 0.5) is 0 Å². The van der Waals surface area contributed by atoms with Crippen LogP contribution in [0.2, 0.25) is 0 Å². The van der Waals surface area contributed by atoms with Gasteiger partial charge in [-0.2, -0.15) is 0 Å². The first-order valence-electron chi connectivity index (χ1n) is 5.58. The summed E-state index contributed by atoms with van der Waals surface area (Å²) in [7, 11) is 0. The molecule has 14 heavy (non-hydrogen) atoms. The van der Waals surface area contributed by atoms with E-state index >= 15 is 0 Å². The Labute approximate surface area is 87.3 Å². The monoisotopic (exact) mass is 198 g/mol. The van der Waals surface area contributed by atoms with Crippen LogP contribution in [0.15, 0.2) is 12.2 Å². The van der Waals surface area contributed by atoms with E-state index in [1.54, 1.807) is 0 Å². The van der Waals surface area contributed by atoms with E-state index in [-0.39, 0.29) is 5.97 Å². The molecule has 0 amide bonds. The van der Waals surface area contributed by atoms with Crippen molar-refractivity contribution in [2.45, 2.75) is 52.4 Å². The lowest BCUT2D eigenvalue weighted by molar-refractivity contribution is -0.143. The zero-order chi connectivity index (χ0) is 10.6. The standard InChI is InChI=1S/C12H22O2/c1-3-5-7-8-9-10-12(13)14-11-6-4-2/h3,5H,4,6-11H2,1-2H3. The van der Waals surface area contributed by atoms with Crippen molar-refractivity contribution >= 4 is 5.97 Å². The van der Waals surface area contributed by atoms with Crippen molar-refractivity contribution in [2.75, 3.05) is 6.61 Å². The van der Waals surface area contributed by atoms with Crippen LogP contribution in [0.3, 0.4) is 0 Å². The summed E-state index contributed by atoms with van der Waals surface area (Å²) in [4.78, 5) is 11.1. The molecule has 0 aliphatic heterocycles. The topological polar surface area (TPSA) is 26.3 Å². The molecule has 0 aromatic heterocycles. The van der Waals surface area contributed by atoms with E-state index in [4.69, 9.17) is 4.74 Å². The van der Waals surface area contributed by atoms with E-state index in [1.807, 2.05) is 13.0 Å². The number of hydrogen-bond acceptors (Lipinski definition) is 2. The third kappa shape index (κ3) is 9.30. The van der Waals surface area contributed by atoms with Gasteiger partial charge in [-0.15, -0.1) is 0 Å². The molecule has 0 fully saturated rings. The zero-order valence-corrected chi connectivity index (χ0v) is 9.42. The SMILES string of the molecule is CC=CCCCCC(=O)OCCCC. The fraction of sp³-hybridized carbons (Fsp3) is 0.750. The summed E-state index contributed by atoms with van der Waals surface area (Å²) in [6, 6.07) is 0. The van der Waals surface area contributed by atoms with Gasteiger partial charge >= 0.3 is 5.97 Å². The van der Waals surface area contributed by atoms with Gasteiger partial charge in [-0.3, -0.25) is 4.79 Å². The van der Waals surface area contributed by atoms with Gasteiger partial charge in [-0.25, -0.2) is 0 Å². The Morgan fingerprint density at radius 2 is 2.07 bits per heavy atom. The first-order chi connectivity index (χ1) is 6.81. The molecule has 82 valence electrons. The van der Waals surface area contributed by atoms with Gasteiger partial charge < -0.3 is 4.74 Å². The van der Waals surface area contributed by atoms with E-state index < -0.39 is 0 Å². The lowest BCUT2D eigenvalue weighted by Crippen LogP contribution is -2.05. The van der Waals surface area contributed by atoms with E-state index in [0.29, 0.717) is 13.0 Å². The molecule has 0 radical (unpaired) electrons. The fourth-order valence-corrected chi connectivity index (χ4v) is 1.10. The number of esters is 1.